The SMILES string of the molecule is CCNC(=O)c1ccc(N)cc1NCc1ccccc1Cl. The quantitative estimate of drug-likeness (QED) is 0.743. The molecule has 5 heteroatoms. The number of carbonyl (C=O) groups excluding carboxylic acids is 1. The highest BCUT2D eigenvalue weighted by molar-refractivity contribution is 6.31. The van der Waals surface area contributed by atoms with Gasteiger partial charge in [0, 0.05) is 29.5 Å². The van der Waals surface area contributed by atoms with Gasteiger partial charge in [-0.15, -0.1) is 0 Å². The Balaban J connectivity index is 2.20. The van der Waals surface area contributed by atoms with Crippen molar-refractivity contribution in [2.45, 2.75) is 13.5 Å². The highest BCUT2D eigenvalue weighted by Crippen LogP contribution is 2.22. The van der Waals surface area contributed by atoms with Crippen molar-refractivity contribution in [2.24, 2.45) is 0 Å². The molecule has 110 valence electrons. The first-order valence-electron chi connectivity index (χ1n) is 6.76. The minimum atomic E-state index is -0.126. The lowest BCUT2D eigenvalue weighted by atomic mass is 10.1. The van der Waals surface area contributed by atoms with Crippen molar-refractivity contribution < 1.29 is 4.79 Å². The number of hydrogen-bond acceptors (Lipinski definition) is 3. The van der Waals surface area contributed by atoms with Gasteiger partial charge in [0.15, 0.2) is 0 Å². The number of anilines is 2. The second kappa shape index (κ2) is 6.99. The zero-order valence-electron chi connectivity index (χ0n) is 11.8. The van der Waals surface area contributed by atoms with Gasteiger partial charge < -0.3 is 16.4 Å². The summed E-state index contributed by atoms with van der Waals surface area (Å²) in [7, 11) is 0. The van der Waals surface area contributed by atoms with E-state index in [2.05, 4.69) is 10.6 Å². The van der Waals surface area contributed by atoms with Gasteiger partial charge in [-0.3, -0.25) is 4.79 Å². The van der Waals surface area contributed by atoms with Crippen LogP contribution in [0.15, 0.2) is 42.5 Å². The van der Waals surface area contributed by atoms with E-state index in [1.54, 1.807) is 18.2 Å². The molecule has 0 spiro atoms. The number of hydrogen-bond donors (Lipinski definition) is 3. The van der Waals surface area contributed by atoms with Crippen LogP contribution in [-0.4, -0.2) is 12.5 Å². The van der Waals surface area contributed by atoms with Gasteiger partial charge in [-0.05, 0) is 36.8 Å². The normalized spacial score (nSPS) is 10.2. The predicted octanol–water partition coefficient (Wildman–Crippen LogP) is 3.28. The number of rotatable bonds is 5. The summed E-state index contributed by atoms with van der Waals surface area (Å²) >= 11 is 6.13. The summed E-state index contributed by atoms with van der Waals surface area (Å²) < 4.78 is 0. The molecule has 21 heavy (non-hydrogen) atoms. The van der Waals surface area contributed by atoms with E-state index in [1.165, 1.54) is 0 Å². The van der Waals surface area contributed by atoms with E-state index in [1.807, 2.05) is 31.2 Å². The standard InChI is InChI=1S/C16H18ClN3O/c1-2-19-16(21)13-8-7-12(18)9-15(13)20-10-11-5-3-4-6-14(11)17/h3-9,20H,2,10,18H2,1H3,(H,19,21). The van der Waals surface area contributed by atoms with Crippen molar-refractivity contribution in [3.63, 3.8) is 0 Å². The van der Waals surface area contributed by atoms with E-state index >= 15 is 0 Å². The molecule has 0 atom stereocenters. The number of nitrogen functional groups attached to an aromatic ring is 1. The Morgan fingerprint density at radius 1 is 1.24 bits per heavy atom. The Morgan fingerprint density at radius 2 is 2.00 bits per heavy atom. The molecular weight excluding hydrogens is 286 g/mol. The van der Waals surface area contributed by atoms with Crippen molar-refractivity contribution >= 4 is 28.9 Å². The molecule has 2 aromatic carbocycles. The topological polar surface area (TPSA) is 67.2 Å². The third-order valence-electron chi connectivity index (χ3n) is 3.05. The minimum absolute atomic E-state index is 0.126. The summed E-state index contributed by atoms with van der Waals surface area (Å²) in [5.74, 6) is -0.126. The number of amides is 1. The molecule has 4 nitrogen and oxygen atoms in total. The van der Waals surface area contributed by atoms with Crippen molar-refractivity contribution in [1.82, 2.24) is 5.32 Å². The van der Waals surface area contributed by atoms with Gasteiger partial charge in [0.2, 0.25) is 0 Å². The van der Waals surface area contributed by atoms with Crippen molar-refractivity contribution in [1.29, 1.82) is 0 Å². The summed E-state index contributed by atoms with van der Waals surface area (Å²) in [6.45, 7) is 2.98. The summed E-state index contributed by atoms with van der Waals surface area (Å²) in [6.07, 6.45) is 0. The van der Waals surface area contributed by atoms with Crippen molar-refractivity contribution in [3.8, 4) is 0 Å². The van der Waals surface area contributed by atoms with Crippen molar-refractivity contribution in [3.05, 3.63) is 58.6 Å². The van der Waals surface area contributed by atoms with Crippen LogP contribution in [0, 0.1) is 0 Å². The number of benzene rings is 2. The van der Waals surface area contributed by atoms with Crippen LogP contribution < -0.4 is 16.4 Å². The van der Waals surface area contributed by atoms with Gasteiger partial charge in [-0.2, -0.15) is 0 Å². The fourth-order valence-corrected chi connectivity index (χ4v) is 2.20. The number of nitrogens with one attached hydrogen (secondary N) is 2. The maximum absolute atomic E-state index is 12.0. The first-order valence-corrected chi connectivity index (χ1v) is 7.14. The molecule has 0 saturated carbocycles. The summed E-state index contributed by atoms with van der Waals surface area (Å²) in [4.78, 5) is 12.0. The Bertz CT molecular complexity index is 643. The lowest BCUT2D eigenvalue weighted by Gasteiger charge is -2.13. The Kier molecular flexibility index (Phi) is 5.06. The molecule has 2 aromatic rings. The van der Waals surface area contributed by atoms with Crippen molar-refractivity contribution in [2.75, 3.05) is 17.6 Å². The van der Waals surface area contributed by atoms with Gasteiger partial charge >= 0.3 is 0 Å². The van der Waals surface area contributed by atoms with Gasteiger partial charge in [-0.1, -0.05) is 29.8 Å². The first kappa shape index (κ1) is 15.2. The number of carbonyl (C=O) groups is 1. The summed E-state index contributed by atoms with van der Waals surface area (Å²) in [6, 6.07) is 12.8. The monoisotopic (exact) mass is 303 g/mol. The highest BCUT2D eigenvalue weighted by atomic mass is 35.5. The van der Waals surface area contributed by atoms with Crippen LogP contribution in [0.25, 0.3) is 0 Å². The molecule has 2 rings (SSSR count). The first-order chi connectivity index (χ1) is 10.1. The molecular formula is C16H18ClN3O. The van der Waals surface area contributed by atoms with E-state index in [0.717, 1.165) is 5.56 Å². The fourth-order valence-electron chi connectivity index (χ4n) is 1.99. The zero-order chi connectivity index (χ0) is 15.2. The van der Waals surface area contributed by atoms with Gasteiger partial charge in [0.1, 0.15) is 0 Å². The van der Waals surface area contributed by atoms with E-state index in [0.29, 0.717) is 35.1 Å². The van der Waals surface area contributed by atoms with Gasteiger partial charge in [0.05, 0.1) is 5.56 Å². The summed E-state index contributed by atoms with van der Waals surface area (Å²) in [5, 5.41) is 6.70. The molecule has 0 fully saturated rings. The summed E-state index contributed by atoms with van der Waals surface area (Å²) in [5.41, 5.74) is 8.63. The molecule has 0 aromatic heterocycles. The lowest BCUT2D eigenvalue weighted by Crippen LogP contribution is -2.24. The minimum Gasteiger partial charge on any atom is -0.399 e. The smallest absolute Gasteiger partial charge is 0.253 e. The van der Waals surface area contributed by atoms with Crippen LogP contribution >= 0.6 is 11.6 Å². The fraction of sp³-hybridized carbons (Fsp3) is 0.188. The van der Waals surface area contributed by atoms with E-state index < -0.39 is 0 Å². The highest BCUT2D eigenvalue weighted by Gasteiger charge is 2.11. The number of nitrogens with two attached hydrogens (primary N) is 1. The molecule has 0 saturated heterocycles. The van der Waals surface area contributed by atoms with Gasteiger partial charge in [-0.25, -0.2) is 0 Å². The van der Waals surface area contributed by atoms with Crippen LogP contribution in [0.5, 0.6) is 0 Å². The molecule has 0 aliphatic carbocycles. The molecule has 0 radical (unpaired) electrons. The van der Waals surface area contributed by atoms with Crippen LogP contribution in [0.4, 0.5) is 11.4 Å². The van der Waals surface area contributed by atoms with Crippen LogP contribution in [-0.2, 0) is 6.54 Å². The molecule has 0 aliphatic heterocycles. The third kappa shape index (κ3) is 3.89. The third-order valence-corrected chi connectivity index (χ3v) is 3.42. The molecule has 4 N–H and O–H groups in total. The average molecular weight is 304 g/mol. The molecule has 1 amide bonds. The van der Waals surface area contributed by atoms with Crippen LogP contribution in [0.1, 0.15) is 22.8 Å². The predicted molar refractivity (Wildman–Crippen MR) is 87.6 cm³/mol. The Morgan fingerprint density at radius 3 is 2.71 bits per heavy atom. The molecule has 0 bridgehead atoms. The number of halogens is 1. The van der Waals surface area contributed by atoms with E-state index in [9.17, 15) is 4.79 Å². The Hall–Kier alpha value is -2.20. The average Bonchev–Trinajstić information content (AvgIpc) is 2.46. The maximum atomic E-state index is 12.0. The maximum Gasteiger partial charge on any atom is 0.253 e. The van der Waals surface area contributed by atoms with Crippen LogP contribution in [0.2, 0.25) is 5.02 Å². The molecule has 0 unspecified atom stereocenters. The van der Waals surface area contributed by atoms with E-state index in [4.69, 9.17) is 17.3 Å². The van der Waals surface area contributed by atoms with Crippen LogP contribution in [0.3, 0.4) is 0 Å². The lowest BCUT2D eigenvalue weighted by molar-refractivity contribution is 0.0956. The molecule has 0 aliphatic rings. The van der Waals surface area contributed by atoms with Gasteiger partial charge in [0.25, 0.3) is 5.91 Å². The molecule has 0 heterocycles. The second-order valence-corrected chi connectivity index (χ2v) is 5.02. The van der Waals surface area contributed by atoms with E-state index in [-0.39, 0.29) is 5.91 Å². The largest absolute Gasteiger partial charge is 0.399 e. The zero-order valence-corrected chi connectivity index (χ0v) is 12.6. The Labute approximate surface area is 129 Å². The second-order valence-electron chi connectivity index (χ2n) is 4.61.